The fourth-order valence-corrected chi connectivity index (χ4v) is 0.893. The van der Waals surface area contributed by atoms with Crippen LogP contribution in [0.25, 0.3) is 0 Å². The van der Waals surface area contributed by atoms with Crippen molar-refractivity contribution in [2.45, 2.75) is 6.92 Å². The van der Waals surface area contributed by atoms with Crippen LogP contribution >= 0.6 is 0 Å². The van der Waals surface area contributed by atoms with Gasteiger partial charge in [0.15, 0.2) is 0 Å². The lowest BCUT2D eigenvalue weighted by atomic mass is 10.3. The van der Waals surface area contributed by atoms with Crippen LogP contribution in [0.1, 0.15) is 6.92 Å². The molecule has 0 aromatic heterocycles. The summed E-state index contributed by atoms with van der Waals surface area (Å²) in [6.45, 7) is 1.81. The quantitative estimate of drug-likeness (QED) is 0.702. The van der Waals surface area contributed by atoms with E-state index in [0.717, 1.165) is 5.69 Å². The molecule has 1 aromatic carbocycles. The Morgan fingerprint density at radius 3 is 3.00 bits per heavy atom. The van der Waals surface area contributed by atoms with Crippen LogP contribution in [0.5, 0.6) is 5.75 Å². The van der Waals surface area contributed by atoms with Gasteiger partial charge in [0.2, 0.25) is 0 Å². The minimum atomic E-state index is -0.822. The number of rotatable bonds is 2. The number of ether oxygens (including phenoxy) is 1. The first-order valence-corrected chi connectivity index (χ1v) is 3.78. The molecular weight excluding hydrogens is 168 g/mol. The summed E-state index contributed by atoms with van der Waals surface area (Å²) in [5.74, 6) is 0.399. The molecule has 0 aliphatic rings. The smallest absolute Gasteiger partial charge is 0.409 e. The minimum absolute atomic E-state index is 0.399. The summed E-state index contributed by atoms with van der Waals surface area (Å²) in [4.78, 5) is 14.4. The summed E-state index contributed by atoms with van der Waals surface area (Å²) in [5.41, 5.74) is 5.57. The van der Waals surface area contributed by atoms with Crippen LogP contribution in [-0.4, -0.2) is 12.3 Å². The third-order valence-electron chi connectivity index (χ3n) is 1.31. The van der Waals surface area contributed by atoms with Crippen molar-refractivity contribution in [3.05, 3.63) is 24.3 Å². The van der Waals surface area contributed by atoms with E-state index in [0.29, 0.717) is 5.75 Å². The Bertz CT molecular complexity index is 334. The Hall–Kier alpha value is -1.84. The lowest BCUT2D eigenvalue weighted by molar-refractivity contribution is 0.211. The molecule has 4 nitrogen and oxygen atoms in total. The van der Waals surface area contributed by atoms with E-state index in [-0.39, 0.29) is 0 Å². The molecule has 0 spiro atoms. The molecule has 0 saturated carbocycles. The van der Waals surface area contributed by atoms with E-state index in [9.17, 15) is 4.79 Å². The van der Waals surface area contributed by atoms with Gasteiger partial charge in [0, 0.05) is 12.3 Å². The highest BCUT2D eigenvalue weighted by molar-refractivity contribution is 5.69. The van der Waals surface area contributed by atoms with Gasteiger partial charge in [0.1, 0.15) is 5.75 Å². The van der Waals surface area contributed by atoms with E-state index in [4.69, 9.17) is 5.73 Å². The zero-order valence-corrected chi connectivity index (χ0v) is 7.23. The van der Waals surface area contributed by atoms with Crippen LogP contribution in [0.15, 0.2) is 29.3 Å². The second kappa shape index (κ2) is 4.25. The first-order chi connectivity index (χ1) is 6.22. The highest BCUT2D eigenvalue weighted by Gasteiger charge is 1.98. The van der Waals surface area contributed by atoms with Crippen molar-refractivity contribution in [3.63, 3.8) is 0 Å². The van der Waals surface area contributed by atoms with Crippen molar-refractivity contribution in [1.82, 2.24) is 0 Å². The first-order valence-electron chi connectivity index (χ1n) is 3.78. The molecule has 68 valence electrons. The Labute approximate surface area is 76.0 Å². The maximum Gasteiger partial charge on any atom is 0.409 e. The maximum absolute atomic E-state index is 10.4. The molecule has 0 saturated heterocycles. The molecule has 0 radical (unpaired) electrons. The topological polar surface area (TPSA) is 64.7 Å². The van der Waals surface area contributed by atoms with E-state index < -0.39 is 6.09 Å². The van der Waals surface area contributed by atoms with Gasteiger partial charge < -0.3 is 10.5 Å². The molecule has 0 heterocycles. The van der Waals surface area contributed by atoms with Crippen molar-refractivity contribution < 1.29 is 9.53 Å². The molecule has 0 fully saturated rings. The van der Waals surface area contributed by atoms with Gasteiger partial charge in [-0.1, -0.05) is 6.07 Å². The van der Waals surface area contributed by atoms with Gasteiger partial charge in [0.25, 0.3) is 0 Å². The van der Waals surface area contributed by atoms with E-state index in [1.165, 1.54) is 0 Å². The number of nitrogens with two attached hydrogens (primary N) is 1. The average Bonchev–Trinajstić information content (AvgIpc) is 2.04. The van der Waals surface area contributed by atoms with Crippen molar-refractivity contribution in [2.75, 3.05) is 0 Å². The molecule has 1 aromatic rings. The number of hydrogen-bond donors (Lipinski definition) is 1. The number of amides is 1. The second-order valence-corrected chi connectivity index (χ2v) is 2.31. The summed E-state index contributed by atoms with van der Waals surface area (Å²) in [7, 11) is 0. The summed E-state index contributed by atoms with van der Waals surface area (Å²) in [6.07, 6.45) is 0.834. The van der Waals surface area contributed by atoms with Crippen LogP contribution in [0.3, 0.4) is 0 Å². The first kappa shape index (κ1) is 9.25. The molecule has 0 aliphatic carbocycles. The largest absolute Gasteiger partial charge is 0.410 e. The Morgan fingerprint density at radius 1 is 1.62 bits per heavy atom. The van der Waals surface area contributed by atoms with Gasteiger partial charge in [-0.25, -0.2) is 4.79 Å². The number of aliphatic imine (C=N–C) groups is 1. The normalized spacial score (nSPS) is 10.2. The number of benzene rings is 1. The van der Waals surface area contributed by atoms with Crippen LogP contribution in [0, 0.1) is 0 Å². The molecule has 4 heteroatoms. The van der Waals surface area contributed by atoms with Gasteiger partial charge in [-0.05, 0) is 19.1 Å². The summed E-state index contributed by atoms with van der Waals surface area (Å²) < 4.78 is 4.67. The lowest BCUT2D eigenvalue weighted by Gasteiger charge is -2.00. The lowest BCUT2D eigenvalue weighted by Crippen LogP contribution is -2.15. The molecule has 2 N–H and O–H groups in total. The Kier molecular flexibility index (Phi) is 3.03. The monoisotopic (exact) mass is 178 g/mol. The second-order valence-electron chi connectivity index (χ2n) is 2.31. The average molecular weight is 178 g/mol. The third-order valence-corrected chi connectivity index (χ3v) is 1.31. The van der Waals surface area contributed by atoms with Crippen LogP contribution in [-0.2, 0) is 0 Å². The molecule has 0 unspecified atom stereocenters. The Balaban J connectivity index is 2.85. The van der Waals surface area contributed by atoms with Crippen LogP contribution in [0.4, 0.5) is 10.5 Å². The molecular formula is C9H10N2O2. The van der Waals surface area contributed by atoms with Gasteiger partial charge >= 0.3 is 6.09 Å². The molecule has 1 amide bonds. The van der Waals surface area contributed by atoms with Crippen molar-refractivity contribution in [1.29, 1.82) is 0 Å². The van der Waals surface area contributed by atoms with E-state index in [1.807, 2.05) is 6.92 Å². The molecule has 13 heavy (non-hydrogen) atoms. The standard InChI is InChI=1S/C9H10N2O2/c1-2-11-7-4-3-5-8(6-7)13-9(10)12/h2-6H,1H3,(H2,10,12). The van der Waals surface area contributed by atoms with Gasteiger partial charge in [0.05, 0.1) is 5.69 Å². The zero-order valence-electron chi connectivity index (χ0n) is 7.23. The fourth-order valence-electron chi connectivity index (χ4n) is 0.893. The maximum atomic E-state index is 10.4. The van der Waals surface area contributed by atoms with Gasteiger partial charge in [-0.3, -0.25) is 4.99 Å². The third kappa shape index (κ3) is 2.94. The summed E-state index contributed by atoms with van der Waals surface area (Å²) >= 11 is 0. The SMILES string of the molecule is CC=Nc1cccc(OC(N)=O)c1. The summed E-state index contributed by atoms with van der Waals surface area (Å²) in [6, 6.07) is 6.80. The van der Waals surface area contributed by atoms with Crippen LogP contribution in [0.2, 0.25) is 0 Å². The van der Waals surface area contributed by atoms with Crippen molar-refractivity contribution in [3.8, 4) is 5.75 Å². The number of nitrogens with zero attached hydrogens (tertiary/aromatic N) is 1. The number of carbonyl (C=O) groups is 1. The molecule has 0 atom stereocenters. The predicted molar refractivity (Wildman–Crippen MR) is 50.5 cm³/mol. The minimum Gasteiger partial charge on any atom is -0.410 e. The predicted octanol–water partition coefficient (Wildman–Crippen LogP) is 1.87. The number of primary amides is 1. The van der Waals surface area contributed by atoms with Crippen molar-refractivity contribution in [2.24, 2.45) is 10.7 Å². The molecule has 1 rings (SSSR count). The fraction of sp³-hybridized carbons (Fsp3) is 0.111. The van der Waals surface area contributed by atoms with E-state index in [2.05, 4.69) is 9.73 Å². The Morgan fingerprint density at radius 2 is 2.38 bits per heavy atom. The highest BCUT2D eigenvalue weighted by Crippen LogP contribution is 2.19. The summed E-state index contributed by atoms with van der Waals surface area (Å²) in [5, 5.41) is 0. The highest BCUT2D eigenvalue weighted by atomic mass is 16.5. The van der Waals surface area contributed by atoms with E-state index >= 15 is 0 Å². The number of hydrogen-bond acceptors (Lipinski definition) is 3. The zero-order chi connectivity index (χ0) is 9.68. The molecule has 0 bridgehead atoms. The van der Waals surface area contributed by atoms with Gasteiger partial charge in [-0.2, -0.15) is 0 Å². The van der Waals surface area contributed by atoms with Crippen molar-refractivity contribution >= 4 is 18.0 Å². The van der Waals surface area contributed by atoms with E-state index in [1.54, 1.807) is 30.5 Å². The van der Waals surface area contributed by atoms with Crippen LogP contribution < -0.4 is 10.5 Å². The van der Waals surface area contributed by atoms with Gasteiger partial charge in [-0.15, -0.1) is 0 Å². The molecule has 0 aliphatic heterocycles. The number of carbonyl (C=O) groups excluding carboxylic acids is 1.